The standard InChI is InChI=1S/C14H15ClO3S/c1-7(2)18-14(16)13-12(15)9-6-10(17-4)8(3)5-11(9)19-13/h5-7H,1-4H3. The third kappa shape index (κ3) is 2.69. The summed E-state index contributed by atoms with van der Waals surface area (Å²) in [7, 11) is 1.61. The highest BCUT2D eigenvalue weighted by molar-refractivity contribution is 7.21. The number of halogens is 1. The molecule has 0 N–H and O–H groups in total. The maximum absolute atomic E-state index is 12.0. The summed E-state index contributed by atoms with van der Waals surface area (Å²) in [5, 5.41) is 1.26. The molecule has 0 radical (unpaired) electrons. The SMILES string of the molecule is COc1cc2c(Cl)c(C(=O)OC(C)C)sc2cc1C. The molecule has 5 heteroatoms. The number of hydrogen-bond donors (Lipinski definition) is 0. The van der Waals surface area contributed by atoms with Gasteiger partial charge in [-0.15, -0.1) is 11.3 Å². The van der Waals surface area contributed by atoms with Crippen LogP contribution in [-0.4, -0.2) is 19.2 Å². The molecule has 0 saturated heterocycles. The molecule has 0 atom stereocenters. The molecule has 0 unspecified atom stereocenters. The van der Waals surface area contributed by atoms with E-state index in [9.17, 15) is 4.79 Å². The van der Waals surface area contributed by atoms with Crippen molar-refractivity contribution in [1.29, 1.82) is 0 Å². The Kier molecular flexibility index (Phi) is 4.02. The molecule has 102 valence electrons. The Morgan fingerprint density at radius 1 is 1.37 bits per heavy atom. The minimum absolute atomic E-state index is 0.162. The lowest BCUT2D eigenvalue weighted by Crippen LogP contribution is -2.10. The number of rotatable bonds is 3. The van der Waals surface area contributed by atoms with Crippen LogP contribution in [0.4, 0.5) is 0 Å². The number of carbonyl (C=O) groups is 1. The van der Waals surface area contributed by atoms with E-state index in [1.165, 1.54) is 11.3 Å². The molecule has 0 aliphatic carbocycles. The van der Waals surface area contributed by atoms with E-state index < -0.39 is 0 Å². The molecular weight excluding hydrogens is 284 g/mol. The molecule has 0 spiro atoms. The van der Waals surface area contributed by atoms with Gasteiger partial charge in [0.15, 0.2) is 0 Å². The van der Waals surface area contributed by atoms with Gasteiger partial charge in [0.2, 0.25) is 0 Å². The van der Waals surface area contributed by atoms with Crippen LogP contribution < -0.4 is 4.74 Å². The first-order chi connectivity index (χ1) is 8.93. The summed E-state index contributed by atoms with van der Waals surface area (Å²) in [5.74, 6) is 0.383. The van der Waals surface area contributed by atoms with Crippen molar-refractivity contribution in [2.75, 3.05) is 7.11 Å². The number of fused-ring (bicyclic) bond motifs is 1. The fourth-order valence-electron chi connectivity index (χ4n) is 1.81. The average Bonchev–Trinajstić information content (AvgIpc) is 2.64. The molecule has 0 fully saturated rings. The quantitative estimate of drug-likeness (QED) is 0.786. The molecule has 2 aromatic rings. The van der Waals surface area contributed by atoms with Crippen LogP contribution in [-0.2, 0) is 4.74 Å². The van der Waals surface area contributed by atoms with Crippen molar-refractivity contribution < 1.29 is 14.3 Å². The molecule has 1 aromatic carbocycles. The molecule has 0 amide bonds. The zero-order chi connectivity index (χ0) is 14.2. The van der Waals surface area contributed by atoms with Crippen molar-refractivity contribution in [2.45, 2.75) is 26.9 Å². The number of methoxy groups -OCH3 is 1. The van der Waals surface area contributed by atoms with Gasteiger partial charge in [-0.2, -0.15) is 0 Å². The van der Waals surface area contributed by atoms with Crippen molar-refractivity contribution >= 4 is 39.0 Å². The van der Waals surface area contributed by atoms with Crippen molar-refractivity contribution in [3.63, 3.8) is 0 Å². The van der Waals surface area contributed by atoms with E-state index in [1.54, 1.807) is 7.11 Å². The van der Waals surface area contributed by atoms with Gasteiger partial charge in [-0.1, -0.05) is 11.6 Å². The predicted octanol–water partition coefficient (Wildman–Crippen LogP) is 4.44. The smallest absolute Gasteiger partial charge is 0.350 e. The Morgan fingerprint density at radius 3 is 2.63 bits per heavy atom. The average molecular weight is 299 g/mol. The number of thiophene rings is 1. The number of esters is 1. The van der Waals surface area contributed by atoms with E-state index in [0.717, 1.165) is 21.4 Å². The molecule has 0 saturated carbocycles. The lowest BCUT2D eigenvalue weighted by molar-refractivity contribution is 0.0384. The molecule has 0 aliphatic rings. The van der Waals surface area contributed by atoms with Crippen LogP contribution in [0, 0.1) is 6.92 Å². The topological polar surface area (TPSA) is 35.5 Å². The van der Waals surface area contributed by atoms with E-state index in [0.29, 0.717) is 9.90 Å². The fourth-order valence-corrected chi connectivity index (χ4v) is 3.28. The van der Waals surface area contributed by atoms with Crippen LogP contribution in [0.1, 0.15) is 29.1 Å². The summed E-state index contributed by atoms with van der Waals surface area (Å²) in [6, 6.07) is 3.83. The summed E-state index contributed by atoms with van der Waals surface area (Å²) in [5.41, 5.74) is 1.01. The van der Waals surface area contributed by atoms with Crippen LogP contribution in [0.3, 0.4) is 0 Å². The van der Waals surface area contributed by atoms with E-state index in [2.05, 4.69) is 0 Å². The van der Waals surface area contributed by atoms with Gasteiger partial charge in [-0.25, -0.2) is 4.79 Å². The highest BCUT2D eigenvalue weighted by Crippen LogP contribution is 2.39. The molecular formula is C14H15ClO3S. The van der Waals surface area contributed by atoms with E-state index in [1.807, 2.05) is 32.9 Å². The summed E-state index contributed by atoms with van der Waals surface area (Å²) >= 11 is 7.62. The van der Waals surface area contributed by atoms with Gasteiger partial charge >= 0.3 is 5.97 Å². The van der Waals surface area contributed by atoms with Crippen molar-refractivity contribution in [2.24, 2.45) is 0 Å². The molecule has 3 nitrogen and oxygen atoms in total. The first-order valence-corrected chi connectivity index (χ1v) is 7.11. The van der Waals surface area contributed by atoms with Gasteiger partial charge in [0.25, 0.3) is 0 Å². The van der Waals surface area contributed by atoms with Crippen LogP contribution in [0.2, 0.25) is 5.02 Å². The third-order valence-electron chi connectivity index (χ3n) is 2.67. The second kappa shape index (κ2) is 5.39. The minimum atomic E-state index is -0.377. The van der Waals surface area contributed by atoms with Gasteiger partial charge in [0, 0.05) is 10.1 Å². The molecule has 1 aromatic heterocycles. The highest BCUT2D eigenvalue weighted by atomic mass is 35.5. The summed E-state index contributed by atoms with van der Waals surface area (Å²) < 4.78 is 11.4. The second-order valence-corrected chi connectivity index (χ2v) is 5.95. The van der Waals surface area contributed by atoms with Gasteiger partial charge in [0.05, 0.1) is 18.2 Å². The van der Waals surface area contributed by atoms with Gasteiger partial charge in [0.1, 0.15) is 10.6 Å². The third-order valence-corrected chi connectivity index (χ3v) is 4.31. The summed E-state index contributed by atoms with van der Waals surface area (Å²) in [4.78, 5) is 12.4. The maximum Gasteiger partial charge on any atom is 0.350 e. The van der Waals surface area contributed by atoms with Crippen LogP contribution >= 0.6 is 22.9 Å². The number of carbonyl (C=O) groups excluding carboxylic acids is 1. The van der Waals surface area contributed by atoms with Gasteiger partial charge in [-0.05, 0) is 38.5 Å². The van der Waals surface area contributed by atoms with E-state index >= 15 is 0 Å². The van der Waals surface area contributed by atoms with E-state index in [-0.39, 0.29) is 12.1 Å². The van der Waals surface area contributed by atoms with E-state index in [4.69, 9.17) is 21.1 Å². The molecule has 0 bridgehead atoms. The Labute approximate surface area is 121 Å². The first-order valence-electron chi connectivity index (χ1n) is 5.91. The Hall–Kier alpha value is -1.26. The lowest BCUT2D eigenvalue weighted by atomic mass is 10.1. The van der Waals surface area contributed by atoms with Crippen molar-refractivity contribution in [3.8, 4) is 5.75 Å². The van der Waals surface area contributed by atoms with Crippen LogP contribution in [0.5, 0.6) is 5.75 Å². The molecule has 0 aliphatic heterocycles. The van der Waals surface area contributed by atoms with Gasteiger partial charge < -0.3 is 9.47 Å². The zero-order valence-corrected chi connectivity index (χ0v) is 12.8. The lowest BCUT2D eigenvalue weighted by Gasteiger charge is -2.06. The summed E-state index contributed by atoms with van der Waals surface area (Å²) in [6.45, 7) is 5.58. The van der Waals surface area contributed by atoms with Gasteiger partial charge in [-0.3, -0.25) is 0 Å². The van der Waals surface area contributed by atoms with Crippen molar-refractivity contribution in [3.05, 3.63) is 27.6 Å². The monoisotopic (exact) mass is 298 g/mol. The first kappa shape index (κ1) is 14.2. The Morgan fingerprint density at radius 2 is 2.05 bits per heavy atom. The number of aryl methyl sites for hydroxylation is 1. The highest BCUT2D eigenvalue weighted by Gasteiger charge is 2.20. The molecule has 19 heavy (non-hydrogen) atoms. The molecule has 1 heterocycles. The molecule has 2 rings (SSSR count). The normalized spacial score (nSPS) is 11.1. The largest absolute Gasteiger partial charge is 0.496 e. The number of benzene rings is 1. The maximum atomic E-state index is 12.0. The minimum Gasteiger partial charge on any atom is -0.496 e. The second-order valence-electron chi connectivity index (χ2n) is 4.52. The number of ether oxygens (including phenoxy) is 2. The fraction of sp³-hybridized carbons (Fsp3) is 0.357. The Bertz CT molecular complexity index is 631. The number of hydrogen-bond acceptors (Lipinski definition) is 4. The van der Waals surface area contributed by atoms with Crippen LogP contribution in [0.25, 0.3) is 10.1 Å². The predicted molar refractivity (Wildman–Crippen MR) is 78.7 cm³/mol. The van der Waals surface area contributed by atoms with Crippen molar-refractivity contribution in [1.82, 2.24) is 0 Å². The van der Waals surface area contributed by atoms with Crippen LogP contribution in [0.15, 0.2) is 12.1 Å². The Balaban J connectivity index is 2.53. The summed E-state index contributed by atoms with van der Waals surface area (Å²) in [6.07, 6.45) is -0.162. The zero-order valence-electron chi connectivity index (χ0n) is 11.2.